The summed E-state index contributed by atoms with van der Waals surface area (Å²) in [5, 5.41) is 17.3. The highest BCUT2D eigenvalue weighted by Crippen LogP contribution is 2.28. The molecule has 0 amide bonds. The van der Waals surface area contributed by atoms with Gasteiger partial charge in [-0.15, -0.1) is 0 Å². The zero-order chi connectivity index (χ0) is 12.3. The molecule has 0 bridgehead atoms. The maximum absolute atomic E-state index is 10.8. The molecule has 0 spiro atoms. The molecule has 1 heterocycles. The van der Waals surface area contributed by atoms with Gasteiger partial charge in [0.25, 0.3) is 5.69 Å². The number of nitrogens with one attached hydrogen (secondary N) is 1. The SMILES string of the molecule is O=[N+]([O-])c1cc(Br)ccc1NCc1ccno1. The van der Waals surface area contributed by atoms with E-state index in [0.717, 1.165) is 0 Å². The van der Waals surface area contributed by atoms with Crippen LogP contribution in [0.15, 0.2) is 39.5 Å². The van der Waals surface area contributed by atoms with Gasteiger partial charge in [0.1, 0.15) is 5.69 Å². The third-order valence-electron chi connectivity index (χ3n) is 2.10. The van der Waals surface area contributed by atoms with Crippen molar-refractivity contribution in [1.82, 2.24) is 5.16 Å². The first-order valence-electron chi connectivity index (χ1n) is 4.74. The molecule has 0 fully saturated rings. The van der Waals surface area contributed by atoms with Gasteiger partial charge in [-0.2, -0.15) is 0 Å². The van der Waals surface area contributed by atoms with Gasteiger partial charge in [0, 0.05) is 16.6 Å². The molecule has 2 rings (SSSR count). The van der Waals surface area contributed by atoms with Crippen LogP contribution in [0.4, 0.5) is 11.4 Å². The summed E-state index contributed by atoms with van der Waals surface area (Å²) in [6.07, 6.45) is 1.52. The van der Waals surface area contributed by atoms with Crippen LogP contribution in [0.2, 0.25) is 0 Å². The first-order chi connectivity index (χ1) is 8.16. The van der Waals surface area contributed by atoms with Crippen molar-refractivity contribution in [3.8, 4) is 0 Å². The second-order valence-corrected chi connectivity index (χ2v) is 4.17. The fourth-order valence-electron chi connectivity index (χ4n) is 1.32. The first-order valence-corrected chi connectivity index (χ1v) is 5.53. The molecule has 0 unspecified atom stereocenters. The van der Waals surface area contributed by atoms with Crippen LogP contribution in [0.3, 0.4) is 0 Å². The van der Waals surface area contributed by atoms with Crippen molar-refractivity contribution < 1.29 is 9.45 Å². The van der Waals surface area contributed by atoms with Crippen LogP contribution in [0.1, 0.15) is 5.76 Å². The fraction of sp³-hybridized carbons (Fsp3) is 0.100. The molecule has 0 atom stereocenters. The number of rotatable bonds is 4. The lowest BCUT2D eigenvalue weighted by atomic mass is 10.2. The molecule has 88 valence electrons. The molecule has 0 aliphatic heterocycles. The van der Waals surface area contributed by atoms with Crippen molar-refractivity contribution in [3.63, 3.8) is 0 Å². The lowest BCUT2D eigenvalue weighted by Crippen LogP contribution is -2.01. The van der Waals surface area contributed by atoms with E-state index >= 15 is 0 Å². The van der Waals surface area contributed by atoms with Gasteiger partial charge in [0.05, 0.1) is 17.7 Å². The average molecular weight is 298 g/mol. The van der Waals surface area contributed by atoms with Gasteiger partial charge in [-0.1, -0.05) is 21.1 Å². The predicted octanol–water partition coefficient (Wildman–Crippen LogP) is 2.96. The van der Waals surface area contributed by atoms with E-state index in [1.54, 1.807) is 18.2 Å². The minimum atomic E-state index is -0.437. The van der Waals surface area contributed by atoms with E-state index in [4.69, 9.17) is 4.52 Å². The Morgan fingerprint density at radius 1 is 1.47 bits per heavy atom. The lowest BCUT2D eigenvalue weighted by molar-refractivity contribution is -0.384. The highest BCUT2D eigenvalue weighted by atomic mass is 79.9. The Kier molecular flexibility index (Phi) is 3.38. The van der Waals surface area contributed by atoms with Gasteiger partial charge in [0.15, 0.2) is 5.76 Å². The number of hydrogen-bond donors (Lipinski definition) is 1. The molecule has 0 saturated carbocycles. The second-order valence-electron chi connectivity index (χ2n) is 3.25. The van der Waals surface area contributed by atoms with Gasteiger partial charge >= 0.3 is 0 Å². The Morgan fingerprint density at radius 3 is 2.94 bits per heavy atom. The molecule has 2 aromatic rings. The standard InChI is InChI=1S/C10H8BrN3O3/c11-7-1-2-9(10(5-7)14(15)16)12-6-8-3-4-13-17-8/h1-5,12H,6H2. The molecule has 0 aliphatic rings. The summed E-state index contributed by atoms with van der Waals surface area (Å²) >= 11 is 3.19. The molecule has 1 aromatic carbocycles. The summed E-state index contributed by atoms with van der Waals surface area (Å²) in [6.45, 7) is 0.350. The van der Waals surface area contributed by atoms with Gasteiger partial charge in [0.2, 0.25) is 0 Å². The summed E-state index contributed by atoms with van der Waals surface area (Å²) in [7, 11) is 0. The van der Waals surface area contributed by atoms with Crippen LogP contribution in [0.25, 0.3) is 0 Å². The van der Waals surface area contributed by atoms with E-state index in [2.05, 4.69) is 26.4 Å². The van der Waals surface area contributed by atoms with Gasteiger partial charge < -0.3 is 9.84 Å². The van der Waals surface area contributed by atoms with E-state index in [9.17, 15) is 10.1 Å². The average Bonchev–Trinajstić information content (AvgIpc) is 2.80. The summed E-state index contributed by atoms with van der Waals surface area (Å²) in [5.41, 5.74) is 0.452. The Labute approximate surface area is 105 Å². The monoisotopic (exact) mass is 297 g/mol. The number of halogens is 1. The number of anilines is 1. The quantitative estimate of drug-likeness (QED) is 0.693. The molecular formula is C10H8BrN3O3. The van der Waals surface area contributed by atoms with Crippen LogP contribution >= 0.6 is 15.9 Å². The number of aromatic nitrogens is 1. The second kappa shape index (κ2) is 4.96. The van der Waals surface area contributed by atoms with Crippen LogP contribution < -0.4 is 5.32 Å². The third-order valence-corrected chi connectivity index (χ3v) is 2.59. The summed E-state index contributed by atoms with van der Waals surface area (Å²) in [6, 6.07) is 6.51. The van der Waals surface area contributed by atoms with Crippen LogP contribution in [-0.4, -0.2) is 10.1 Å². The molecule has 1 N–H and O–H groups in total. The molecule has 0 saturated heterocycles. The molecule has 7 heteroatoms. The van der Waals surface area contributed by atoms with Crippen molar-refractivity contribution >= 4 is 27.3 Å². The van der Waals surface area contributed by atoms with Crippen LogP contribution in [-0.2, 0) is 6.54 Å². The topological polar surface area (TPSA) is 81.2 Å². The van der Waals surface area contributed by atoms with Crippen LogP contribution in [0, 0.1) is 10.1 Å². The van der Waals surface area contributed by atoms with Gasteiger partial charge in [-0.05, 0) is 12.1 Å². The number of nitro groups is 1. The van der Waals surface area contributed by atoms with Crippen molar-refractivity contribution in [2.45, 2.75) is 6.54 Å². The van der Waals surface area contributed by atoms with E-state index < -0.39 is 4.92 Å². The van der Waals surface area contributed by atoms with Gasteiger partial charge in [-0.25, -0.2) is 0 Å². The molecule has 0 aliphatic carbocycles. The molecule has 17 heavy (non-hydrogen) atoms. The fourth-order valence-corrected chi connectivity index (χ4v) is 1.67. The van der Waals surface area contributed by atoms with E-state index in [0.29, 0.717) is 22.5 Å². The Hall–Kier alpha value is -1.89. The number of nitro benzene ring substituents is 1. The molecule has 0 radical (unpaired) electrons. The minimum Gasteiger partial charge on any atom is -0.372 e. The minimum absolute atomic E-state index is 0.0129. The van der Waals surface area contributed by atoms with Crippen molar-refractivity contribution in [2.24, 2.45) is 0 Å². The van der Waals surface area contributed by atoms with E-state index in [-0.39, 0.29) is 5.69 Å². The number of benzene rings is 1. The van der Waals surface area contributed by atoms with Gasteiger partial charge in [-0.3, -0.25) is 10.1 Å². The smallest absolute Gasteiger partial charge is 0.293 e. The first kappa shape index (κ1) is 11.6. The molecular weight excluding hydrogens is 290 g/mol. The number of hydrogen-bond acceptors (Lipinski definition) is 5. The van der Waals surface area contributed by atoms with Crippen LogP contribution in [0.5, 0.6) is 0 Å². The molecule has 1 aromatic heterocycles. The summed E-state index contributed by atoms with van der Waals surface area (Å²) in [4.78, 5) is 10.4. The maximum Gasteiger partial charge on any atom is 0.293 e. The third kappa shape index (κ3) is 2.82. The van der Waals surface area contributed by atoms with Crippen molar-refractivity contribution in [2.75, 3.05) is 5.32 Å². The largest absolute Gasteiger partial charge is 0.372 e. The van der Waals surface area contributed by atoms with E-state index in [1.807, 2.05) is 0 Å². The Morgan fingerprint density at radius 2 is 2.29 bits per heavy atom. The number of nitrogens with zero attached hydrogens (tertiary/aromatic N) is 2. The predicted molar refractivity (Wildman–Crippen MR) is 64.6 cm³/mol. The molecule has 6 nitrogen and oxygen atoms in total. The van der Waals surface area contributed by atoms with Crippen molar-refractivity contribution in [1.29, 1.82) is 0 Å². The summed E-state index contributed by atoms with van der Waals surface area (Å²) in [5.74, 6) is 0.613. The van der Waals surface area contributed by atoms with Crippen molar-refractivity contribution in [3.05, 3.63) is 50.8 Å². The van der Waals surface area contributed by atoms with E-state index in [1.165, 1.54) is 12.3 Å². The Bertz CT molecular complexity index is 528. The maximum atomic E-state index is 10.8. The highest BCUT2D eigenvalue weighted by Gasteiger charge is 2.14. The zero-order valence-electron chi connectivity index (χ0n) is 8.59. The summed E-state index contributed by atoms with van der Waals surface area (Å²) < 4.78 is 5.55. The lowest BCUT2D eigenvalue weighted by Gasteiger charge is -2.05. The zero-order valence-corrected chi connectivity index (χ0v) is 10.2. The Balaban J connectivity index is 2.17. The highest BCUT2D eigenvalue weighted by molar-refractivity contribution is 9.10. The normalized spacial score (nSPS) is 10.2.